The highest BCUT2D eigenvalue weighted by atomic mass is 16.5. The molecule has 0 spiro atoms. The minimum atomic E-state index is -0.473. The van der Waals surface area contributed by atoms with Crippen LogP contribution in [-0.2, 0) is 4.74 Å². The fourth-order valence-corrected chi connectivity index (χ4v) is 1.83. The van der Waals surface area contributed by atoms with Gasteiger partial charge in [0, 0.05) is 18.7 Å². The molecule has 1 aliphatic heterocycles. The van der Waals surface area contributed by atoms with E-state index in [4.69, 9.17) is 4.74 Å². The van der Waals surface area contributed by atoms with Crippen molar-refractivity contribution in [2.24, 2.45) is 5.92 Å². The lowest BCUT2D eigenvalue weighted by molar-refractivity contribution is 0.0880. The summed E-state index contributed by atoms with van der Waals surface area (Å²) in [4.78, 5) is 4.22. The standard InChI is InChI=1S/C11H15NO2/c1-8-3-2-5-12-10(8)11(13)9-4-6-14-7-9/h2-3,5,9,11,13H,4,6-7H2,1H3. The summed E-state index contributed by atoms with van der Waals surface area (Å²) in [5.41, 5.74) is 1.84. The Labute approximate surface area is 83.7 Å². The van der Waals surface area contributed by atoms with Crippen molar-refractivity contribution in [3.8, 4) is 0 Å². The molecule has 0 aromatic carbocycles. The molecule has 1 aromatic rings. The SMILES string of the molecule is Cc1cccnc1C(O)C1CCOC1. The zero-order chi connectivity index (χ0) is 9.97. The molecule has 1 aromatic heterocycles. The molecule has 3 nitrogen and oxygen atoms in total. The average Bonchev–Trinajstić information content (AvgIpc) is 2.70. The summed E-state index contributed by atoms with van der Waals surface area (Å²) in [7, 11) is 0. The van der Waals surface area contributed by atoms with Crippen molar-refractivity contribution in [1.29, 1.82) is 0 Å². The Hall–Kier alpha value is -0.930. The Morgan fingerprint density at radius 3 is 3.14 bits per heavy atom. The number of pyridine rings is 1. The number of hydrogen-bond acceptors (Lipinski definition) is 3. The number of nitrogens with zero attached hydrogens (tertiary/aromatic N) is 1. The lowest BCUT2D eigenvalue weighted by Gasteiger charge is -2.17. The van der Waals surface area contributed by atoms with Gasteiger partial charge in [0.1, 0.15) is 6.10 Å². The Bertz CT molecular complexity index is 308. The van der Waals surface area contributed by atoms with Crippen molar-refractivity contribution in [2.75, 3.05) is 13.2 Å². The fraction of sp³-hybridized carbons (Fsp3) is 0.545. The van der Waals surface area contributed by atoms with E-state index < -0.39 is 6.10 Å². The number of aliphatic hydroxyl groups is 1. The monoisotopic (exact) mass is 193 g/mol. The third-order valence-electron chi connectivity index (χ3n) is 2.74. The van der Waals surface area contributed by atoms with E-state index in [0.29, 0.717) is 6.61 Å². The molecule has 0 bridgehead atoms. The van der Waals surface area contributed by atoms with Crippen LogP contribution in [0.5, 0.6) is 0 Å². The van der Waals surface area contributed by atoms with E-state index in [2.05, 4.69) is 4.98 Å². The lowest BCUT2D eigenvalue weighted by Crippen LogP contribution is -2.14. The van der Waals surface area contributed by atoms with Gasteiger partial charge in [-0.2, -0.15) is 0 Å². The molecule has 76 valence electrons. The number of rotatable bonds is 2. The summed E-state index contributed by atoms with van der Waals surface area (Å²) in [5.74, 6) is 0.212. The van der Waals surface area contributed by atoms with E-state index >= 15 is 0 Å². The normalized spacial score (nSPS) is 23.7. The second-order valence-corrected chi connectivity index (χ2v) is 3.77. The van der Waals surface area contributed by atoms with Gasteiger partial charge in [0.15, 0.2) is 0 Å². The van der Waals surface area contributed by atoms with E-state index in [-0.39, 0.29) is 5.92 Å². The maximum atomic E-state index is 10.1. The molecule has 1 N–H and O–H groups in total. The van der Waals surface area contributed by atoms with Crippen LogP contribution < -0.4 is 0 Å². The highest BCUT2D eigenvalue weighted by molar-refractivity contribution is 5.20. The van der Waals surface area contributed by atoms with Gasteiger partial charge in [0.25, 0.3) is 0 Å². The van der Waals surface area contributed by atoms with Crippen LogP contribution in [0.25, 0.3) is 0 Å². The molecule has 1 fully saturated rings. The minimum Gasteiger partial charge on any atom is -0.386 e. The van der Waals surface area contributed by atoms with Gasteiger partial charge in [-0.25, -0.2) is 0 Å². The molecule has 1 saturated heterocycles. The first kappa shape index (κ1) is 9.62. The van der Waals surface area contributed by atoms with E-state index in [9.17, 15) is 5.11 Å². The van der Waals surface area contributed by atoms with Crippen LogP contribution in [0.2, 0.25) is 0 Å². The fourth-order valence-electron chi connectivity index (χ4n) is 1.83. The molecule has 2 atom stereocenters. The second-order valence-electron chi connectivity index (χ2n) is 3.77. The van der Waals surface area contributed by atoms with Crippen LogP contribution in [0.4, 0.5) is 0 Å². The highest BCUT2D eigenvalue weighted by Gasteiger charge is 2.26. The summed E-state index contributed by atoms with van der Waals surface area (Å²) in [5, 5.41) is 10.1. The third-order valence-corrected chi connectivity index (χ3v) is 2.74. The largest absolute Gasteiger partial charge is 0.386 e. The lowest BCUT2D eigenvalue weighted by atomic mass is 9.96. The molecule has 0 saturated carbocycles. The Morgan fingerprint density at radius 1 is 1.64 bits per heavy atom. The molecule has 3 heteroatoms. The predicted octanol–water partition coefficient (Wildman–Crippen LogP) is 1.46. The van der Waals surface area contributed by atoms with Gasteiger partial charge < -0.3 is 9.84 Å². The highest BCUT2D eigenvalue weighted by Crippen LogP contribution is 2.28. The molecule has 14 heavy (non-hydrogen) atoms. The van der Waals surface area contributed by atoms with Gasteiger partial charge in [-0.3, -0.25) is 4.98 Å². The number of hydrogen-bond donors (Lipinski definition) is 1. The molecule has 2 heterocycles. The first-order chi connectivity index (χ1) is 6.79. The Kier molecular flexibility index (Phi) is 2.79. The molecule has 2 rings (SSSR count). The summed E-state index contributed by atoms with van der Waals surface area (Å²) >= 11 is 0. The molecule has 0 radical (unpaired) electrons. The summed E-state index contributed by atoms with van der Waals surface area (Å²) in [6, 6.07) is 3.86. The summed E-state index contributed by atoms with van der Waals surface area (Å²) in [6.07, 6.45) is 2.18. The minimum absolute atomic E-state index is 0.212. The van der Waals surface area contributed by atoms with Crippen LogP contribution in [0.1, 0.15) is 23.8 Å². The maximum Gasteiger partial charge on any atom is 0.101 e. The van der Waals surface area contributed by atoms with E-state index in [1.54, 1.807) is 6.20 Å². The first-order valence-electron chi connectivity index (χ1n) is 4.96. The topological polar surface area (TPSA) is 42.4 Å². The zero-order valence-corrected chi connectivity index (χ0v) is 8.31. The van der Waals surface area contributed by atoms with E-state index in [1.165, 1.54) is 0 Å². The Balaban J connectivity index is 2.17. The molecule has 1 aliphatic rings. The first-order valence-corrected chi connectivity index (χ1v) is 4.96. The molecule has 0 amide bonds. The Morgan fingerprint density at radius 2 is 2.50 bits per heavy atom. The van der Waals surface area contributed by atoms with Crippen molar-refractivity contribution in [3.05, 3.63) is 29.6 Å². The third kappa shape index (κ3) is 1.79. The van der Waals surface area contributed by atoms with Crippen LogP contribution in [0.3, 0.4) is 0 Å². The second kappa shape index (κ2) is 4.07. The van der Waals surface area contributed by atoms with Gasteiger partial charge in [-0.1, -0.05) is 6.07 Å². The van der Waals surface area contributed by atoms with Crippen LogP contribution in [-0.4, -0.2) is 23.3 Å². The smallest absolute Gasteiger partial charge is 0.101 e. The molecular formula is C11H15NO2. The molecule has 2 unspecified atom stereocenters. The van der Waals surface area contributed by atoms with Crippen molar-refractivity contribution in [2.45, 2.75) is 19.4 Å². The predicted molar refractivity (Wildman–Crippen MR) is 52.9 cm³/mol. The maximum absolute atomic E-state index is 10.1. The van der Waals surface area contributed by atoms with Crippen molar-refractivity contribution >= 4 is 0 Å². The number of ether oxygens (including phenoxy) is 1. The summed E-state index contributed by atoms with van der Waals surface area (Å²) < 4.78 is 5.25. The van der Waals surface area contributed by atoms with Gasteiger partial charge in [0.05, 0.1) is 12.3 Å². The van der Waals surface area contributed by atoms with Gasteiger partial charge in [0.2, 0.25) is 0 Å². The van der Waals surface area contributed by atoms with Gasteiger partial charge >= 0.3 is 0 Å². The van der Waals surface area contributed by atoms with Gasteiger partial charge in [-0.05, 0) is 25.0 Å². The van der Waals surface area contributed by atoms with Gasteiger partial charge in [-0.15, -0.1) is 0 Å². The van der Waals surface area contributed by atoms with Crippen molar-refractivity contribution in [1.82, 2.24) is 4.98 Å². The van der Waals surface area contributed by atoms with Crippen molar-refractivity contribution < 1.29 is 9.84 Å². The summed E-state index contributed by atoms with van der Waals surface area (Å²) in [6.45, 7) is 3.38. The van der Waals surface area contributed by atoms with Crippen LogP contribution >= 0.6 is 0 Å². The molecule has 0 aliphatic carbocycles. The number of aryl methyl sites for hydroxylation is 1. The van der Waals surface area contributed by atoms with E-state index in [0.717, 1.165) is 24.3 Å². The van der Waals surface area contributed by atoms with Crippen LogP contribution in [0, 0.1) is 12.8 Å². The quantitative estimate of drug-likeness (QED) is 0.773. The van der Waals surface area contributed by atoms with Crippen molar-refractivity contribution in [3.63, 3.8) is 0 Å². The number of aromatic nitrogens is 1. The number of aliphatic hydroxyl groups excluding tert-OH is 1. The molecular weight excluding hydrogens is 178 g/mol. The van der Waals surface area contributed by atoms with Crippen LogP contribution in [0.15, 0.2) is 18.3 Å². The van der Waals surface area contributed by atoms with E-state index in [1.807, 2.05) is 19.1 Å². The zero-order valence-electron chi connectivity index (χ0n) is 8.31. The average molecular weight is 193 g/mol.